The number of hydrogen-bond donors (Lipinski definition) is 2. The molecule has 102 valence electrons. The van der Waals surface area contributed by atoms with Gasteiger partial charge in [0, 0.05) is 5.54 Å². The van der Waals surface area contributed by atoms with Crippen molar-refractivity contribution in [2.24, 2.45) is 0 Å². The summed E-state index contributed by atoms with van der Waals surface area (Å²) in [6.07, 6.45) is -2.46. The minimum Gasteiger partial charge on any atom is -0.397 e. The molecule has 0 bridgehead atoms. The Labute approximate surface area is 105 Å². The van der Waals surface area contributed by atoms with Crippen molar-refractivity contribution in [2.75, 3.05) is 11.1 Å². The second kappa shape index (κ2) is 5.08. The van der Waals surface area contributed by atoms with Crippen molar-refractivity contribution in [1.82, 2.24) is 0 Å². The standard InChI is InChI=1S/C13H19F3N2/c1-4-7-12(2,3)18-11-6-5-9(8-10(11)17)13(14,15)16/h5-6,8,18H,4,7,17H2,1-3H3. The van der Waals surface area contributed by atoms with Gasteiger partial charge >= 0.3 is 6.18 Å². The van der Waals surface area contributed by atoms with Gasteiger partial charge in [0.15, 0.2) is 0 Å². The quantitative estimate of drug-likeness (QED) is 0.793. The molecule has 0 saturated heterocycles. The van der Waals surface area contributed by atoms with E-state index in [0.29, 0.717) is 5.69 Å². The van der Waals surface area contributed by atoms with E-state index in [2.05, 4.69) is 12.2 Å². The zero-order valence-corrected chi connectivity index (χ0v) is 10.9. The van der Waals surface area contributed by atoms with Crippen LogP contribution >= 0.6 is 0 Å². The third kappa shape index (κ3) is 3.82. The van der Waals surface area contributed by atoms with Crippen molar-refractivity contribution < 1.29 is 13.2 Å². The van der Waals surface area contributed by atoms with Gasteiger partial charge in [-0.25, -0.2) is 0 Å². The van der Waals surface area contributed by atoms with E-state index < -0.39 is 11.7 Å². The molecular weight excluding hydrogens is 241 g/mol. The van der Waals surface area contributed by atoms with E-state index in [1.807, 2.05) is 13.8 Å². The molecule has 0 heterocycles. The summed E-state index contributed by atoms with van der Waals surface area (Å²) in [4.78, 5) is 0. The Balaban J connectivity index is 2.93. The molecule has 5 heteroatoms. The van der Waals surface area contributed by atoms with E-state index in [-0.39, 0.29) is 11.2 Å². The van der Waals surface area contributed by atoms with Gasteiger partial charge in [0.1, 0.15) is 0 Å². The molecule has 0 aliphatic rings. The summed E-state index contributed by atoms with van der Waals surface area (Å²) in [6.45, 7) is 6.04. The maximum atomic E-state index is 12.5. The fourth-order valence-electron chi connectivity index (χ4n) is 1.90. The smallest absolute Gasteiger partial charge is 0.397 e. The van der Waals surface area contributed by atoms with Crippen LogP contribution in [0.2, 0.25) is 0 Å². The van der Waals surface area contributed by atoms with Gasteiger partial charge in [0.25, 0.3) is 0 Å². The summed E-state index contributed by atoms with van der Waals surface area (Å²) in [5, 5.41) is 3.17. The number of hydrogen-bond acceptors (Lipinski definition) is 2. The maximum absolute atomic E-state index is 12.5. The zero-order valence-electron chi connectivity index (χ0n) is 10.9. The van der Waals surface area contributed by atoms with E-state index in [9.17, 15) is 13.2 Å². The molecule has 0 aromatic heterocycles. The average Bonchev–Trinajstić information content (AvgIpc) is 2.19. The number of benzene rings is 1. The first-order valence-corrected chi connectivity index (χ1v) is 5.90. The van der Waals surface area contributed by atoms with E-state index in [0.717, 1.165) is 25.0 Å². The van der Waals surface area contributed by atoms with Crippen LogP contribution < -0.4 is 11.1 Å². The van der Waals surface area contributed by atoms with Gasteiger partial charge in [-0.15, -0.1) is 0 Å². The number of halogens is 3. The molecule has 1 rings (SSSR count). The lowest BCUT2D eigenvalue weighted by molar-refractivity contribution is -0.137. The molecular formula is C13H19F3N2. The van der Waals surface area contributed by atoms with E-state index in [4.69, 9.17) is 5.73 Å². The van der Waals surface area contributed by atoms with Crippen LogP contribution in [0.3, 0.4) is 0 Å². The Bertz CT molecular complexity index is 411. The maximum Gasteiger partial charge on any atom is 0.416 e. The molecule has 0 aliphatic carbocycles. The van der Waals surface area contributed by atoms with E-state index in [1.165, 1.54) is 6.07 Å². The predicted molar refractivity (Wildman–Crippen MR) is 68.5 cm³/mol. The average molecular weight is 260 g/mol. The Morgan fingerprint density at radius 1 is 1.22 bits per heavy atom. The Kier molecular flexibility index (Phi) is 4.14. The molecule has 2 nitrogen and oxygen atoms in total. The fourth-order valence-corrected chi connectivity index (χ4v) is 1.90. The second-order valence-electron chi connectivity index (χ2n) is 5.06. The third-order valence-corrected chi connectivity index (χ3v) is 2.73. The first-order valence-electron chi connectivity index (χ1n) is 5.90. The first kappa shape index (κ1) is 14.7. The van der Waals surface area contributed by atoms with Gasteiger partial charge < -0.3 is 11.1 Å². The van der Waals surface area contributed by atoms with Crippen molar-refractivity contribution >= 4 is 11.4 Å². The van der Waals surface area contributed by atoms with Crippen molar-refractivity contribution in [3.05, 3.63) is 23.8 Å². The summed E-state index contributed by atoms with van der Waals surface area (Å²) in [7, 11) is 0. The summed E-state index contributed by atoms with van der Waals surface area (Å²) in [6, 6.07) is 3.39. The summed E-state index contributed by atoms with van der Waals surface area (Å²) in [5.41, 5.74) is 5.41. The lowest BCUT2D eigenvalue weighted by Gasteiger charge is -2.28. The van der Waals surface area contributed by atoms with Crippen LogP contribution in [-0.2, 0) is 6.18 Å². The Morgan fingerprint density at radius 2 is 1.83 bits per heavy atom. The molecule has 1 aromatic carbocycles. The van der Waals surface area contributed by atoms with Crippen molar-refractivity contribution in [2.45, 2.75) is 45.3 Å². The van der Waals surface area contributed by atoms with E-state index in [1.54, 1.807) is 0 Å². The largest absolute Gasteiger partial charge is 0.416 e. The van der Waals surface area contributed by atoms with Gasteiger partial charge in [-0.1, -0.05) is 13.3 Å². The highest BCUT2D eigenvalue weighted by molar-refractivity contribution is 5.68. The topological polar surface area (TPSA) is 38.0 Å². The number of nitrogens with one attached hydrogen (secondary N) is 1. The highest BCUT2D eigenvalue weighted by Gasteiger charge is 2.31. The molecule has 0 unspecified atom stereocenters. The molecule has 3 N–H and O–H groups in total. The van der Waals surface area contributed by atoms with Crippen molar-refractivity contribution in [1.29, 1.82) is 0 Å². The van der Waals surface area contributed by atoms with Gasteiger partial charge in [-0.05, 0) is 38.5 Å². The fraction of sp³-hybridized carbons (Fsp3) is 0.538. The number of rotatable bonds is 4. The van der Waals surface area contributed by atoms with Crippen molar-refractivity contribution in [3.63, 3.8) is 0 Å². The first-order chi connectivity index (χ1) is 8.15. The normalized spacial score (nSPS) is 12.6. The van der Waals surface area contributed by atoms with Crippen LogP contribution in [0, 0.1) is 0 Å². The van der Waals surface area contributed by atoms with Crippen molar-refractivity contribution in [3.8, 4) is 0 Å². The molecule has 0 saturated carbocycles. The van der Waals surface area contributed by atoms with Crippen LogP contribution in [0.4, 0.5) is 24.5 Å². The Morgan fingerprint density at radius 3 is 2.28 bits per heavy atom. The van der Waals surface area contributed by atoms with Crippen LogP contribution in [0.5, 0.6) is 0 Å². The number of nitrogen functional groups attached to an aromatic ring is 1. The highest BCUT2D eigenvalue weighted by Crippen LogP contribution is 2.33. The SMILES string of the molecule is CCCC(C)(C)Nc1ccc(C(F)(F)F)cc1N. The molecule has 1 aromatic rings. The highest BCUT2D eigenvalue weighted by atomic mass is 19.4. The molecule has 18 heavy (non-hydrogen) atoms. The minimum atomic E-state index is -4.36. The molecule has 0 fully saturated rings. The molecule has 0 spiro atoms. The number of nitrogens with two attached hydrogens (primary N) is 1. The molecule has 0 radical (unpaired) electrons. The third-order valence-electron chi connectivity index (χ3n) is 2.73. The minimum absolute atomic E-state index is 0.119. The summed E-state index contributed by atoms with van der Waals surface area (Å²) < 4.78 is 37.4. The molecule has 0 atom stereocenters. The number of alkyl halides is 3. The lowest BCUT2D eigenvalue weighted by Crippen LogP contribution is -2.30. The summed E-state index contributed by atoms with van der Waals surface area (Å²) in [5.74, 6) is 0. The van der Waals surface area contributed by atoms with Gasteiger partial charge in [-0.2, -0.15) is 13.2 Å². The van der Waals surface area contributed by atoms with Crippen LogP contribution in [0.15, 0.2) is 18.2 Å². The van der Waals surface area contributed by atoms with Crippen LogP contribution in [0.1, 0.15) is 39.2 Å². The van der Waals surface area contributed by atoms with Gasteiger partial charge in [0.05, 0.1) is 16.9 Å². The van der Waals surface area contributed by atoms with Gasteiger partial charge in [0.2, 0.25) is 0 Å². The molecule has 0 amide bonds. The van der Waals surface area contributed by atoms with E-state index >= 15 is 0 Å². The van der Waals surface area contributed by atoms with Gasteiger partial charge in [-0.3, -0.25) is 0 Å². The van der Waals surface area contributed by atoms with Crippen LogP contribution in [0.25, 0.3) is 0 Å². The lowest BCUT2D eigenvalue weighted by atomic mass is 9.98. The predicted octanol–water partition coefficient (Wildman–Crippen LogP) is 4.28. The summed E-state index contributed by atoms with van der Waals surface area (Å²) >= 11 is 0. The second-order valence-corrected chi connectivity index (χ2v) is 5.06. The monoisotopic (exact) mass is 260 g/mol. The zero-order chi connectivity index (χ0) is 14.0. The number of anilines is 2. The van der Waals surface area contributed by atoms with Crippen LogP contribution in [-0.4, -0.2) is 5.54 Å². The Hall–Kier alpha value is -1.39. The molecule has 0 aliphatic heterocycles.